The molecule has 2 aromatic rings. The third-order valence-corrected chi connectivity index (χ3v) is 5.88. The van der Waals surface area contributed by atoms with Gasteiger partial charge in [-0.3, -0.25) is 4.79 Å². The van der Waals surface area contributed by atoms with Gasteiger partial charge >= 0.3 is 0 Å². The van der Waals surface area contributed by atoms with Gasteiger partial charge in [-0.05, 0) is 11.1 Å². The molecule has 0 radical (unpaired) electrons. The first-order chi connectivity index (χ1) is 13.9. The molecular weight excluding hydrogens is 380 g/mol. The highest BCUT2D eigenvalue weighted by molar-refractivity contribution is 8.03. The first kappa shape index (κ1) is 20.3. The summed E-state index contributed by atoms with van der Waals surface area (Å²) in [5.41, 5.74) is 8.63. The summed E-state index contributed by atoms with van der Waals surface area (Å²) in [6, 6.07) is 21.7. The van der Waals surface area contributed by atoms with Crippen LogP contribution in [0.15, 0.2) is 76.6 Å². The molecule has 0 amide bonds. The zero-order chi connectivity index (χ0) is 21.0. The van der Waals surface area contributed by atoms with Gasteiger partial charge in [0.2, 0.25) is 0 Å². The molecule has 144 valence electrons. The predicted molar refractivity (Wildman–Crippen MR) is 115 cm³/mol. The Hall–Kier alpha value is -3.48. The Morgan fingerprint density at radius 2 is 1.59 bits per heavy atom. The van der Waals surface area contributed by atoms with Gasteiger partial charge < -0.3 is 11.1 Å². The fourth-order valence-corrected chi connectivity index (χ4v) is 4.26. The van der Waals surface area contributed by atoms with Crippen molar-refractivity contribution < 1.29 is 4.79 Å². The maximum atomic E-state index is 12.6. The number of dihydropyridines is 1. The van der Waals surface area contributed by atoms with E-state index in [4.69, 9.17) is 5.73 Å². The van der Waals surface area contributed by atoms with Gasteiger partial charge in [0, 0.05) is 11.0 Å². The van der Waals surface area contributed by atoms with Crippen LogP contribution in [0.1, 0.15) is 24.2 Å². The lowest BCUT2D eigenvalue weighted by Crippen LogP contribution is -2.34. The van der Waals surface area contributed by atoms with E-state index in [-0.39, 0.29) is 17.4 Å². The van der Waals surface area contributed by atoms with E-state index in [1.165, 1.54) is 11.8 Å². The molecule has 6 heteroatoms. The monoisotopic (exact) mass is 400 g/mol. The van der Waals surface area contributed by atoms with Gasteiger partial charge in [0.25, 0.3) is 0 Å². The fourth-order valence-electron chi connectivity index (χ4n) is 3.19. The van der Waals surface area contributed by atoms with Gasteiger partial charge in [-0.1, -0.05) is 80.2 Å². The average molecular weight is 401 g/mol. The number of ketones is 1. The number of thioether (sulfide) groups is 1. The number of nitrogens with two attached hydrogens (primary N) is 1. The first-order valence-corrected chi connectivity index (χ1v) is 10.0. The summed E-state index contributed by atoms with van der Waals surface area (Å²) in [6.45, 7) is 3.56. The maximum absolute atomic E-state index is 12.6. The molecule has 3 rings (SSSR count). The molecule has 0 saturated carbocycles. The van der Waals surface area contributed by atoms with Crippen molar-refractivity contribution in [3.8, 4) is 23.3 Å². The smallest absolute Gasteiger partial charge is 0.173 e. The Morgan fingerprint density at radius 3 is 2.17 bits per heavy atom. The van der Waals surface area contributed by atoms with Crippen LogP contribution in [0.2, 0.25) is 0 Å². The molecule has 0 unspecified atom stereocenters. The molecule has 0 aromatic heterocycles. The molecule has 29 heavy (non-hydrogen) atoms. The lowest BCUT2D eigenvalue weighted by Gasteiger charge is -2.31. The van der Waals surface area contributed by atoms with Crippen LogP contribution < -0.4 is 11.1 Å². The summed E-state index contributed by atoms with van der Waals surface area (Å²) in [7, 11) is 0. The highest BCUT2D eigenvalue weighted by Gasteiger charge is 2.37. The van der Waals surface area contributed by atoms with Crippen LogP contribution in [0.25, 0.3) is 11.1 Å². The van der Waals surface area contributed by atoms with Crippen molar-refractivity contribution in [2.45, 2.75) is 13.8 Å². The van der Waals surface area contributed by atoms with E-state index < -0.39 is 5.41 Å². The third-order valence-electron chi connectivity index (χ3n) is 4.88. The van der Waals surface area contributed by atoms with Gasteiger partial charge in [0.1, 0.15) is 5.82 Å². The maximum Gasteiger partial charge on any atom is 0.173 e. The predicted octanol–water partition coefficient (Wildman–Crippen LogP) is 4.33. The van der Waals surface area contributed by atoms with Crippen LogP contribution in [0, 0.1) is 28.1 Å². The largest absolute Gasteiger partial charge is 0.384 e. The number of hydrogen-bond acceptors (Lipinski definition) is 6. The number of nitrogens with zero attached hydrogens (tertiary/aromatic N) is 2. The molecule has 0 atom stereocenters. The van der Waals surface area contributed by atoms with Crippen molar-refractivity contribution in [1.82, 2.24) is 5.32 Å². The number of rotatable bonds is 5. The quantitative estimate of drug-likeness (QED) is 0.724. The number of allylic oxidation sites excluding steroid dienone is 2. The molecule has 0 saturated heterocycles. The Balaban J connectivity index is 1.74. The van der Waals surface area contributed by atoms with Crippen molar-refractivity contribution in [2.75, 3.05) is 5.75 Å². The van der Waals surface area contributed by atoms with Crippen LogP contribution in [0.4, 0.5) is 0 Å². The minimum atomic E-state index is -0.804. The second-order valence-corrected chi connectivity index (χ2v) is 8.11. The van der Waals surface area contributed by atoms with Gasteiger partial charge in [0.15, 0.2) is 5.78 Å². The lowest BCUT2D eigenvalue weighted by atomic mass is 9.77. The van der Waals surface area contributed by atoms with E-state index in [1.54, 1.807) is 13.8 Å². The zero-order valence-electron chi connectivity index (χ0n) is 16.2. The van der Waals surface area contributed by atoms with Crippen molar-refractivity contribution in [1.29, 1.82) is 10.5 Å². The van der Waals surface area contributed by atoms with E-state index in [0.717, 1.165) is 11.1 Å². The van der Waals surface area contributed by atoms with Crippen molar-refractivity contribution in [2.24, 2.45) is 11.1 Å². The summed E-state index contributed by atoms with van der Waals surface area (Å²) in [6.07, 6.45) is 0. The minimum Gasteiger partial charge on any atom is -0.384 e. The molecule has 0 aliphatic carbocycles. The van der Waals surface area contributed by atoms with Crippen molar-refractivity contribution in [3.63, 3.8) is 0 Å². The van der Waals surface area contributed by atoms with Gasteiger partial charge in [-0.25, -0.2) is 0 Å². The third kappa shape index (κ3) is 4.03. The topological polar surface area (TPSA) is 103 Å². The fraction of sp³-hybridized carbons (Fsp3) is 0.174. The Kier molecular flexibility index (Phi) is 5.77. The van der Waals surface area contributed by atoms with Gasteiger partial charge in [0.05, 0.1) is 34.1 Å². The summed E-state index contributed by atoms with van der Waals surface area (Å²) >= 11 is 1.23. The van der Waals surface area contributed by atoms with E-state index in [0.29, 0.717) is 21.7 Å². The molecule has 1 aliphatic rings. The summed E-state index contributed by atoms with van der Waals surface area (Å²) < 4.78 is 0. The van der Waals surface area contributed by atoms with E-state index >= 15 is 0 Å². The second kappa shape index (κ2) is 8.26. The average Bonchev–Trinajstić information content (AvgIpc) is 2.72. The van der Waals surface area contributed by atoms with Crippen LogP contribution in [0.5, 0.6) is 0 Å². The molecular formula is C23H20N4OS. The SMILES string of the molecule is CC1(C)C(C#N)=C(N)NC(SCC(=O)c2ccc(-c3ccccc3)cc2)=C1C#N. The van der Waals surface area contributed by atoms with Gasteiger partial charge in [-0.2, -0.15) is 10.5 Å². The molecule has 2 aromatic carbocycles. The highest BCUT2D eigenvalue weighted by Crippen LogP contribution is 2.41. The molecule has 1 aliphatic heterocycles. The summed E-state index contributed by atoms with van der Waals surface area (Å²) in [5, 5.41) is 22.4. The normalized spacial score (nSPS) is 15.3. The van der Waals surface area contributed by atoms with Crippen LogP contribution in [-0.4, -0.2) is 11.5 Å². The number of hydrogen-bond donors (Lipinski definition) is 2. The summed E-state index contributed by atoms with van der Waals surface area (Å²) in [5.74, 6) is 0.329. The number of Topliss-reactive ketones (excluding diaryl/α,β-unsaturated/α-hetero) is 1. The van der Waals surface area contributed by atoms with Crippen LogP contribution in [-0.2, 0) is 0 Å². The van der Waals surface area contributed by atoms with Gasteiger partial charge in [-0.15, -0.1) is 0 Å². The zero-order valence-corrected chi connectivity index (χ0v) is 17.0. The minimum absolute atomic E-state index is 0.0485. The van der Waals surface area contributed by atoms with Crippen LogP contribution >= 0.6 is 11.8 Å². The summed E-state index contributed by atoms with van der Waals surface area (Å²) in [4.78, 5) is 12.6. The van der Waals surface area contributed by atoms with E-state index in [1.807, 2.05) is 54.6 Å². The number of carbonyl (C=O) groups is 1. The molecule has 0 spiro atoms. The molecule has 3 N–H and O–H groups in total. The highest BCUT2D eigenvalue weighted by atomic mass is 32.2. The Morgan fingerprint density at radius 1 is 1.00 bits per heavy atom. The number of nitrogens with one attached hydrogen (secondary N) is 1. The number of nitriles is 2. The molecule has 0 fully saturated rings. The number of carbonyl (C=O) groups excluding carboxylic acids is 1. The van der Waals surface area contributed by atoms with E-state index in [2.05, 4.69) is 17.5 Å². The lowest BCUT2D eigenvalue weighted by molar-refractivity contribution is 0.102. The second-order valence-electron chi connectivity index (χ2n) is 7.12. The van der Waals surface area contributed by atoms with E-state index in [9.17, 15) is 15.3 Å². The van der Waals surface area contributed by atoms with Crippen LogP contribution in [0.3, 0.4) is 0 Å². The van der Waals surface area contributed by atoms with Crippen molar-refractivity contribution in [3.05, 3.63) is 82.2 Å². The molecule has 1 heterocycles. The Labute approximate surface area is 174 Å². The first-order valence-electron chi connectivity index (χ1n) is 9.02. The molecule has 5 nitrogen and oxygen atoms in total. The Bertz CT molecular complexity index is 1080. The molecule has 0 bridgehead atoms. The number of benzene rings is 2. The standard InChI is InChI=1S/C23H20N4OS/c1-23(2)18(12-24)21(26)27-22(19(23)13-25)29-14-20(28)17-10-8-16(9-11-17)15-6-4-3-5-7-15/h3-11,27H,14,26H2,1-2H3. The van der Waals surface area contributed by atoms with Crippen molar-refractivity contribution >= 4 is 17.5 Å².